The number of nitrogens with zero attached hydrogens (tertiary/aromatic N) is 1. The largest absolute Gasteiger partial charge is 0.416 e. The highest BCUT2D eigenvalue weighted by Crippen LogP contribution is 2.36. The lowest BCUT2D eigenvalue weighted by atomic mass is 10.0. The first-order chi connectivity index (χ1) is 15.5. The Morgan fingerprint density at radius 1 is 1.06 bits per heavy atom. The lowest BCUT2D eigenvalue weighted by Gasteiger charge is -2.29. The van der Waals surface area contributed by atoms with Crippen LogP contribution in [-0.2, 0) is 15.8 Å². The van der Waals surface area contributed by atoms with E-state index in [-0.39, 0.29) is 37.0 Å². The fourth-order valence-corrected chi connectivity index (χ4v) is 4.12. The predicted molar refractivity (Wildman–Crippen MR) is 122 cm³/mol. The number of carbonyl (C=O) groups is 2. The number of anilines is 1. The molecule has 1 aliphatic carbocycles. The summed E-state index contributed by atoms with van der Waals surface area (Å²) in [4.78, 5) is 26.8. The Hall–Kier alpha value is -2.87. The van der Waals surface area contributed by atoms with Crippen LogP contribution in [0.25, 0.3) is 0 Å². The molecular formula is C25H30F3N3O2. The normalized spacial score (nSPS) is 14.8. The van der Waals surface area contributed by atoms with Gasteiger partial charge in [0.1, 0.15) is 0 Å². The van der Waals surface area contributed by atoms with Crippen molar-refractivity contribution in [1.82, 2.24) is 10.2 Å². The molecule has 0 bridgehead atoms. The van der Waals surface area contributed by atoms with E-state index in [1.165, 1.54) is 6.07 Å². The molecule has 5 nitrogen and oxygen atoms in total. The van der Waals surface area contributed by atoms with Gasteiger partial charge >= 0.3 is 6.18 Å². The number of hydrogen-bond donors (Lipinski definition) is 2. The van der Waals surface area contributed by atoms with E-state index in [1.807, 2.05) is 37.8 Å². The van der Waals surface area contributed by atoms with Gasteiger partial charge in [0.05, 0.1) is 18.7 Å². The van der Waals surface area contributed by atoms with Gasteiger partial charge < -0.3 is 10.6 Å². The molecule has 2 aromatic rings. The molecule has 2 N–H and O–H groups in total. The minimum absolute atomic E-state index is 0.0119. The van der Waals surface area contributed by atoms with Crippen LogP contribution >= 0.6 is 0 Å². The molecule has 1 atom stereocenters. The molecule has 8 heteroatoms. The Morgan fingerprint density at radius 2 is 1.70 bits per heavy atom. The molecule has 33 heavy (non-hydrogen) atoms. The van der Waals surface area contributed by atoms with Gasteiger partial charge in [0.25, 0.3) is 0 Å². The number of amides is 2. The molecule has 0 heterocycles. The number of halogens is 3. The monoisotopic (exact) mass is 461 g/mol. The Kier molecular flexibility index (Phi) is 7.47. The predicted octanol–water partition coefficient (Wildman–Crippen LogP) is 4.91. The fourth-order valence-electron chi connectivity index (χ4n) is 4.12. The smallest absolute Gasteiger partial charge is 0.346 e. The van der Waals surface area contributed by atoms with Crippen molar-refractivity contribution in [2.45, 2.75) is 58.8 Å². The van der Waals surface area contributed by atoms with E-state index >= 15 is 0 Å². The molecular weight excluding hydrogens is 431 g/mol. The summed E-state index contributed by atoms with van der Waals surface area (Å²) in [5.74, 6) is -0.671. The van der Waals surface area contributed by atoms with E-state index in [9.17, 15) is 22.8 Å². The molecule has 1 unspecified atom stereocenters. The zero-order valence-corrected chi connectivity index (χ0v) is 19.3. The number of carbonyl (C=O) groups excluding carboxylic acids is 2. The first-order valence-electron chi connectivity index (χ1n) is 11.0. The highest BCUT2D eigenvalue weighted by Gasteiger charge is 2.35. The van der Waals surface area contributed by atoms with Crippen molar-refractivity contribution in [1.29, 1.82) is 0 Å². The summed E-state index contributed by atoms with van der Waals surface area (Å²) in [6, 6.07) is 8.95. The van der Waals surface area contributed by atoms with Crippen LogP contribution in [0.3, 0.4) is 0 Å². The number of rotatable bonds is 8. The van der Waals surface area contributed by atoms with Gasteiger partial charge in [0, 0.05) is 17.8 Å². The van der Waals surface area contributed by atoms with E-state index in [0.717, 1.165) is 47.4 Å². The minimum atomic E-state index is -4.42. The van der Waals surface area contributed by atoms with Crippen LogP contribution in [0.2, 0.25) is 0 Å². The summed E-state index contributed by atoms with van der Waals surface area (Å²) in [6.07, 6.45) is -2.63. The van der Waals surface area contributed by atoms with Gasteiger partial charge in [0.2, 0.25) is 11.8 Å². The maximum atomic E-state index is 13.1. The van der Waals surface area contributed by atoms with Gasteiger partial charge in [-0.3, -0.25) is 14.5 Å². The van der Waals surface area contributed by atoms with Crippen LogP contribution in [0.5, 0.6) is 0 Å². The Labute approximate surface area is 192 Å². The van der Waals surface area contributed by atoms with Crippen molar-refractivity contribution in [3.8, 4) is 0 Å². The molecule has 2 amide bonds. The Balaban J connectivity index is 1.59. The molecule has 0 aliphatic heterocycles. The molecule has 0 spiro atoms. The summed E-state index contributed by atoms with van der Waals surface area (Å²) in [6.45, 7) is 7.45. The summed E-state index contributed by atoms with van der Waals surface area (Å²) in [7, 11) is 0. The van der Waals surface area contributed by atoms with Crippen molar-refractivity contribution < 1.29 is 22.8 Å². The SMILES string of the molecule is Cc1cc(C)c(NC(=O)CNC(=O)CN(C2CC2)C(C)c2cccc(C(F)(F)F)c2)c(C)c1. The zero-order chi connectivity index (χ0) is 24.3. The van der Waals surface area contributed by atoms with Crippen LogP contribution in [0.15, 0.2) is 36.4 Å². The first-order valence-corrected chi connectivity index (χ1v) is 11.0. The van der Waals surface area contributed by atoms with Crippen molar-refractivity contribution >= 4 is 17.5 Å². The maximum absolute atomic E-state index is 13.1. The number of aryl methyl sites for hydroxylation is 3. The Bertz CT molecular complexity index is 1010. The minimum Gasteiger partial charge on any atom is -0.346 e. The van der Waals surface area contributed by atoms with E-state index in [4.69, 9.17) is 0 Å². The van der Waals surface area contributed by atoms with E-state index < -0.39 is 11.7 Å². The molecule has 1 fully saturated rings. The van der Waals surface area contributed by atoms with E-state index in [1.54, 1.807) is 13.0 Å². The second-order valence-corrected chi connectivity index (χ2v) is 8.80. The number of nitrogens with one attached hydrogen (secondary N) is 2. The molecule has 178 valence electrons. The molecule has 2 aromatic carbocycles. The van der Waals surface area contributed by atoms with Crippen LogP contribution in [0.4, 0.5) is 18.9 Å². The van der Waals surface area contributed by atoms with E-state index in [0.29, 0.717) is 5.56 Å². The average Bonchev–Trinajstić information content (AvgIpc) is 3.57. The quantitative estimate of drug-likeness (QED) is 0.587. The zero-order valence-electron chi connectivity index (χ0n) is 19.3. The highest BCUT2D eigenvalue weighted by atomic mass is 19.4. The summed E-state index contributed by atoms with van der Waals surface area (Å²) >= 11 is 0. The summed E-state index contributed by atoms with van der Waals surface area (Å²) in [5.41, 5.74) is 3.53. The van der Waals surface area contributed by atoms with E-state index in [2.05, 4.69) is 10.6 Å². The van der Waals surface area contributed by atoms with Crippen LogP contribution in [0.1, 0.15) is 53.6 Å². The van der Waals surface area contributed by atoms with Crippen molar-refractivity contribution in [2.75, 3.05) is 18.4 Å². The maximum Gasteiger partial charge on any atom is 0.416 e. The Morgan fingerprint density at radius 3 is 2.27 bits per heavy atom. The topological polar surface area (TPSA) is 61.4 Å². The van der Waals surface area contributed by atoms with Crippen LogP contribution in [-0.4, -0.2) is 35.8 Å². The average molecular weight is 462 g/mol. The van der Waals surface area contributed by atoms with Gasteiger partial charge in [0.15, 0.2) is 0 Å². The first kappa shape index (κ1) is 24.8. The molecule has 0 saturated heterocycles. The van der Waals surface area contributed by atoms with Gasteiger partial charge in [-0.15, -0.1) is 0 Å². The third kappa shape index (κ3) is 6.57. The number of benzene rings is 2. The second kappa shape index (κ2) is 9.95. The second-order valence-electron chi connectivity index (χ2n) is 8.80. The number of hydrogen-bond acceptors (Lipinski definition) is 3. The highest BCUT2D eigenvalue weighted by molar-refractivity contribution is 5.96. The fraction of sp³-hybridized carbons (Fsp3) is 0.440. The van der Waals surface area contributed by atoms with Crippen LogP contribution in [0, 0.1) is 20.8 Å². The molecule has 0 aromatic heterocycles. The van der Waals surface area contributed by atoms with Crippen molar-refractivity contribution in [2.24, 2.45) is 0 Å². The lowest BCUT2D eigenvalue weighted by molar-refractivity contribution is -0.137. The molecule has 1 aliphatic rings. The van der Waals surface area contributed by atoms with Gasteiger partial charge in [-0.1, -0.05) is 29.8 Å². The van der Waals surface area contributed by atoms with Crippen molar-refractivity contribution in [3.05, 3.63) is 64.2 Å². The van der Waals surface area contributed by atoms with Crippen LogP contribution < -0.4 is 10.6 Å². The number of alkyl halides is 3. The summed E-state index contributed by atoms with van der Waals surface area (Å²) < 4.78 is 39.3. The standard InChI is InChI=1S/C25H30F3N3O2/c1-15-10-16(2)24(17(3)11-15)30-22(32)13-29-23(33)14-31(21-8-9-21)18(4)19-6-5-7-20(12-19)25(26,27)28/h5-7,10-12,18,21H,8-9,13-14H2,1-4H3,(H,29,33)(H,30,32). The lowest BCUT2D eigenvalue weighted by Crippen LogP contribution is -2.42. The van der Waals surface area contributed by atoms with Gasteiger partial charge in [-0.05, 0) is 69.4 Å². The van der Waals surface area contributed by atoms with Crippen molar-refractivity contribution in [3.63, 3.8) is 0 Å². The molecule has 1 saturated carbocycles. The molecule has 0 radical (unpaired) electrons. The third-order valence-electron chi connectivity index (χ3n) is 5.92. The summed E-state index contributed by atoms with van der Waals surface area (Å²) in [5, 5.41) is 5.48. The third-order valence-corrected chi connectivity index (χ3v) is 5.92. The van der Waals surface area contributed by atoms with Gasteiger partial charge in [-0.2, -0.15) is 13.2 Å². The molecule has 3 rings (SSSR count). The van der Waals surface area contributed by atoms with Gasteiger partial charge in [-0.25, -0.2) is 0 Å².